The SMILES string of the molecule is CC(C=O)CC(C)(C=O)COCC1C(C=O)CCCC1C=O. The van der Waals surface area contributed by atoms with Gasteiger partial charge in [-0.2, -0.15) is 0 Å². The Kier molecular flexibility index (Phi) is 7.59. The second-order valence-corrected chi connectivity index (χ2v) is 6.80. The predicted molar refractivity (Wildman–Crippen MR) is 81.3 cm³/mol. The molecule has 1 fully saturated rings. The Hall–Kier alpha value is -1.36. The lowest BCUT2D eigenvalue weighted by Gasteiger charge is -2.33. The van der Waals surface area contributed by atoms with Gasteiger partial charge in [0.25, 0.3) is 0 Å². The molecule has 0 heterocycles. The molecule has 0 spiro atoms. The molecule has 1 rings (SSSR count). The number of rotatable bonds is 10. The molecular weight excluding hydrogens is 284 g/mol. The Labute approximate surface area is 131 Å². The molecule has 0 aromatic heterocycles. The van der Waals surface area contributed by atoms with Crippen molar-refractivity contribution >= 4 is 25.1 Å². The highest BCUT2D eigenvalue weighted by atomic mass is 16.5. The van der Waals surface area contributed by atoms with Crippen LogP contribution in [0, 0.1) is 29.1 Å². The number of hydrogen-bond acceptors (Lipinski definition) is 5. The molecule has 4 atom stereocenters. The average Bonchev–Trinajstić information content (AvgIpc) is 2.54. The van der Waals surface area contributed by atoms with Gasteiger partial charge in [-0.3, -0.25) is 0 Å². The maximum atomic E-state index is 11.3. The van der Waals surface area contributed by atoms with E-state index in [0.717, 1.165) is 44.4 Å². The van der Waals surface area contributed by atoms with Crippen LogP contribution in [0.4, 0.5) is 0 Å². The summed E-state index contributed by atoms with van der Waals surface area (Å²) in [5.74, 6) is -0.622. The van der Waals surface area contributed by atoms with Gasteiger partial charge >= 0.3 is 0 Å². The van der Waals surface area contributed by atoms with Crippen molar-refractivity contribution in [1.82, 2.24) is 0 Å². The second-order valence-electron chi connectivity index (χ2n) is 6.80. The minimum absolute atomic E-state index is 0.108. The summed E-state index contributed by atoms with van der Waals surface area (Å²) in [6, 6.07) is 0. The summed E-state index contributed by atoms with van der Waals surface area (Å²) in [6.45, 7) is 4.02. The van der Waals surface area contributed by atoms with Gasteiger partial charge in [-0.1, -0.05) is 20.3 Å². The summed E-state index contributed by atoms with van der Waals surface area (Å²) >= 11 is 0. The fourth-order valence-electron chi connectivity index (χ4n) is 3.27. The maximum Gasteiger partial charge on any atom is 0.128 e. The Morgan fingerprint density at radius 3 is 2.18 bits per heavy atom. The van der Waals surface area contributed by atoms with Crippen molar-refractivity contribution in [2.45, 2.75) is 39.5 Å². The second kappa shape index (κ2) is 8.93. The van der Waals surface area contributed by atoms with E-state index in [9.17, 15) is 19.2 Å². The molecule has 0 saturated heterocycles. The molecule has 0 aliphatic heterocycles. The summed E-state index contributed by atoms with van der Waals surface area (Å²) < 4.78 is 5.67. The van der Waals surface area contributed by atoms with Gasteiger partial charge in [-0.25, -0.2) is 0 Å². The number of carbonyl (C=O) groups excluding carboxylic acids is 4. The first-order valence-corrected chi connectivity index (χ1v) is 7.89. The molecule has 22 heavy (non-hydrogen) atoms. The van der Waals surface area contributed by atoms with Crippen molar-refractivity contribution in [2.75, 3.05) is 13.2 Å². The van der Waals surface area contributed by atoms with Crippen molar-refractivity contribution in [3.05, 3.63) is 0 Å². The number of hydrogen-bond donors (Lipinski definition) is 0. The van der Waals surface area contributed by atoms with Crippen molar-refractivity contribution in [2.24, 2.45) is 29.1 Å². The first-order chi connectivity index (χ1) is 10.5. The lowest BCUT2D eigenvalue weighted by Crippen LogP contribution is -2.36. The van der Waals surface area contributed by atoms with Crippen LogP contribution in [0.3, 0.4) is 0 Å². The van der Waals surface area contributed by atoms with E-state index in [0.29, 0.717) is 13.0 Å². The molecule has 0 N–H and O–H groups in total. The molecule has 1 aliphatic carbocycles. The normalized spacial score (nSPS) is 29.1. The fourth-order valence-corrected chi connectivity index (χ4v) is 3.27. The summed E-state index contributed by atoms with van der Waals surface area (Å²) in [5, 5.41) is 0. The maximum absolute atomic E-state index is 11.3. The highest BCUT2D eigenvalue weighted by molar-refractivity contribution is 5.61. The molecule has 0 amide bonds. The third-order valence-electron chi connectivity index (χ3n) is 4.57. The molecular formula is C17H26O5. The van der Waals surface area contributed by atoms with Crippen LogP contribution in [0.1, 0.15) is 39.5 Å². The molecule has 0 aromatic carbocycles. The van der Waals surface area contributed by atoms with E-state index in [1.54, 1.807) is 13.8 Å². The molecule has 5 nitrogen and oxygen atoms in total. The summed E-state index contributed by atoms with van der Waals surface area (Å²) in [7, 11) is 0. The monoisotopic (exact) mass is 310 g/mol. The van der Waals surface area contributed by atoms with Crippen molar-refractivity contribution in [3.63, 3.8) is 0 Å². The van der Waals surface area contributed by atoms with Crippen molar-refractivity contribution < 1.29 is 23.9 Å². The predicted octanol–water partition coefficient (Wildman–Crippen LogP) is 1.86. The van der Waals surface area contributed by atoms with Gasteiger partial charge in [-0.05, 0) is 19.3 Å². The van der Waals surface area contributed by atoms with E-state index in [-0.39, 0.29) is 30.3 Å². The van der Waals surface area contributed by atoms with Crippen LogP contribution in [-0.4, -0.2) is 38.4 Å². The Bertz CT molecular complexity index is 379. The van der Waals surface area contributed by atoms with Crippen LogP contribution >= 0.6 is 0 Å². The van der Waals surface area contributed by atoms with Crippen LogP contribution in [0.5, 0.6) is 0 Å². The first-order valence-electron chi connectivity index (χ1n) is 7.89. The van der Waals surface area contributed by atoms with Crippen LogP contribution in [0.25, 0.3) is 0 Å². The van der Waals surface area contributed by atoms with Crippen LogP contribution in [-0.2, 0) is 23.9 Å². The number of aldehydes is 4. The summed E-state index contributed by atoms with van der Waals surface area (Å²) in [4.78, 5) is 44.4. The lowest BCUT2D eigenvalue weighted by molar-refractivity contribution is -0.126. The first kappa shape index (κ1) is 18.7. The van der Waals surface area contributed by atoms with Crippen molar-refractivity contribution in [3.8, 4) is 0 Å². The molecule has 0 radical (unpaired) electrons. The highest BCUT2D eigenvalue weighted by Crippen LogP contribution is 2.33. The molecule has 1 aliphatic rings. The van der Waals surface area contributed by atoms with Crippen LogP contribution < -0.4 is 0 Å². The van der Waals surface area contributed by atoms with Crippen LogP contribution in [0.2, 0.25) is 0 Å². The smallest absolute Gasteiger partial charge is 0.128 e. The van der Waals surface area contributed by atoms with E-state index in [4.69, 9.17) is 4.74 Å². The molecule has 1 saturated carbocycles. The van der Waals surface area contributed by atoms with Gasteiger partial charge in [0.15, 0.2) is 0 Å². The third kappa shape index (κ3) is 5.13. The van der Waals surface area contributed by atoms with Gasteiger partial charge in [0.05, 0.1) is 13.2 Å². The third-order valence-corrected chi connectivity index (χ3v) is 4.57. The summed E-state index contributed by atoms with van der Waals surface area (Å²) in [5.41, 5.74) is -0.720. The van der Waals surface area contributed by atoms with Crippen molar-refractivity contribution in [1.29, 1.82) is 0 Å². The number of carbonyl (C=O) groups is 4. The standard InChI is InChI=1S/C17H26O5/c1-13(7-18)6-17(2,11-21)12-22-10-16-14(8-19)4-3-5-15(16)9-20/h7-9,11,13-16H,3-6,10,12H2,1-2H3. The average molecular weight is 310 g/mol. The minimum Gasteiger partial charge on any atom is -0.380 e. The van der Waals surface area contributed by atoms with Gasteiger partial charge in [0.2, 0.25) is 0 Å². The van der Waals surface area contributed by atoms with E-state index < -0.39 is 5.41 Å². The highest BCUT2D eigenvalue weighted by Gasteiger charge is 2.34. The minimum atomic E-state index is -0.720. The zero-order valence-electron chi connectivity index (χ0n) is 13.4. The fraction of sp³-hybridized carbons (Fsp3) is 0.765. The molecule has 4 unspecified atom stereocenters. The molecule has 0 aromatic rings. The van der Waals surface area contributed by atoms with E-state index in [1.165, 1.54) is 0 Å². The number of ether oxygens (including phenoxy) is 1. The zero-order valence-corrected chi connectivity index (χ0v) is 13.4. The quantitative estimate of drug-likeness (QED) is 0.576. The molecule has 124 valence electrons. The van der Waals surface area contributed by atoms with Gasteiger partial charge in [-0.15, -0.1) is 0 Å². The largest absolute Gasteiger partial charge is 0.380 e. The molecule has 5 heteroatoms. The van der Waals surface area contributed by atoms with E-state index >= 15 is 0 Å². The van der Waals surface area contributed by atoms with Crippen LogP contribution in [0.15, 0.2) is 0 Å². The summed E-state index contributed by atoms with van der Waals surface area (Å²) in [6.07, 6.45) is 6.36. The topological polar surface area (TPSA) is 77.5 Å². The Morgan fingerprint density at radius 1 is 1.14 bits per heavy atom. The van der Waals surface area contributed by atoms with Gasteiger partial charge < -0.3 is 23.9 Å². The van der Waals surface area contributed by atoms with Gasteiger partial charge in [0.1, 0.15) is 25.1 Å². The Balaban J connectivity index is 2.58. The van der Waals surface area contributed by atoms with Gasteiger partial charge in [0, 0.05) is 29.1 Å². The lowest BCUT2D eigenvalue weighted by atomic mass is 9.73. The Morgan fingerprint density at radius 2 is 1.73 bits per heavy atom. The van der Waals surface area contributed by atoms with E-state index in [1.807, 2.05) is 0 Å². The van der Waals surface area contributed by atoms with E-state index in [2.05, 4.69) is 0 Å². The molecule has 0 bridgehead atoms. The zero-order chi connectivity index (χ0) is 16.6.